The second kappa shape index (κ2) is 4.32. The molecule has 90 valence electrons. The molecule has 0 bridgehead atoms. The van der Waals surface area contributed by atoms with E-state index in [0.717, 1.165) is 34.4 Å². The van der Waals surface area contributed by atoms with Crippen LogP contribution in [0.4, 0.5) is 0 Å². The van der Waals surface area contributed by atoms with Crippen LogP contribution >= 0.6 is 27.7 Å². The first kappa shape index (κ1) is 11.6. The molecule has 0 N–H and O–H groups in total. The first-order valence-corrected chi connectivity index (χ1v) is 7.73. The monoisotopic (exact) mass is 312 g/mol. The summed E-state index contributed by atoms with van der Waals surface area (Å²) < 4.78 is 7.06. The number of rotatable bonds is 0. The minimum Gasteiger partial charge on any atom is -0.485 e. The number of hydrogen-bond donors (Lipinski definition) is 0. The topological polar surface area (TPSA) is 26.3 Å². The van der Waals surface area contributed by atoms with Crippen LogP contribution in [-0.4, -0.2) is 22.9 Å². The Morgan fingerprint density at radius 3 is 3.06 bits per heavy atom. The predicted molar refractivity (Wildman–Crippen MR) is 73.0 cm³/mol. The molecule has 0 aliphatic carbocycles. The van der Waals surface area contributed by atoms with Crippen molar-refractivity contribution in [1.29, 1.82) is 0 Å². The van der Waals surface area contributed by atoms with Gasteiger partial charge >= 0.3 is 0 Å². The molecular formula is C13H13BrO2S. The van der Waals surface area contributed by atoms with Crippen LogP contribution in [0.2, 0.25) is 0 Å². The average molecular weight is 313 g/mol. The molecule has 2 aliphatic heterocycles. The van der Waals surface area contributed by atoms with Gasteiger partial charge in [-0.1, -0.05) is 15.9 Å². The summed E-state index contributed by atoms with van der Waals surface area (Å²) in [4.78, 5) is 12.2. The molecule has 0 saturated carbocycles. The number of Topliss-reactive ketones (excluding diaryl/α,β-unsaturated/α-hetero) is 1. The molecule has 0 amide bonds. The summed E-state index contributed by atoms with van der Waals surface area (Å²) in [7, 11) is 0. The normalized spacial score (nSPS) is 27.7. The molecule has 1 fully saturated rings. The Balaban J connectivity index is 1.97. The summed E-state index contributed by atoms with van der Waals surface area (Å²) >= 11 is 5.29. The van der Waals surface area contributed by atoms with Gasteiger partial charge in [0.1, 0.15) is 11.4 Å². The first-order valence-electron chi connectivity index (χ1n) is 5.78. The minimum atomic E-state index is -0.235. The van der Waals surface area contributed by atoms with Crippen molar-refractivity contribution in [3.05, 3.63) is 28.2 Å². The van der Waals surface area contributed by atoms with Gasteiger partial charge in [-0.2, -0.15) is 11.8 Å². The van der Waals surface area contributed by atoms with Gasteiger partial charge in [0.15, 0.2) is 5.78 Å². The third-order valence-corrected chi connectivity index (χ3v) is 5.14. The summed E-state index contributed by atoms with van der Waals surface area (Å²) in [5.41, 5.74) is 0.487. The lowest BCUT2D eigenvalue weighted by Gasteiger charge is -2.40. The highest BCUT2D eigenvalue weighted by Crippen LogP contribution is 2.41. The number of thioether (sulfide) groups is 1. The fraction of sp³-hybridized carbons (Fsp3) is 0.462. The highest BCUT2D eigenvalue weighted by Gasteiger charge is 2.41. The number of carbonyl (C=O) groups excluding carboxylic acids is 1. The van der Waals surface area contributed by atoms with Crippen molar-refractivity contribution >= 4 is 33.5 Å². The van der Waals surface area contributed by atoms with Crippen LogP contribution in [0, 0.1) is 0 Å². The fourth-order valence-electron chi connectivity index (χ4n) is 2.51. The standard InChI is InChI=1S/C13H13BrO2S/c14-9-2-3-12-10(6-9)11(15)7-13(16-12)4-1-5-17-8-13/h2-3,6H,1,4-5,7-8H2. The Morgan fingerprint density at radius 2 is 2.29 bits per heavy atom. The van der Waals surface area contributed by atoms with Crippen LogP contribution in [0.3, 0.4) is 0 Å². The molecule has 1 atom stereocenters. The van der Waals surface area contributed by atoms with Gasteiger partial charge in [0.05, 0.1) is 12.0 Å². The number of halogens is 1. The number of ketones is 1. The van der Waals surface area contributed by atoms with Crippen molar-refractivity contribution in [3.63, 3.8) is 0 Å². The average Bonchev–Trinajstić information content (AvgIpc) is 2.31. The maximum Gasteiger partial charge on any atom is 0.170 e. The second-order valence-corrected chi connectivity index (χ2v) is 6.70. The number of benzene rings is 1. The van der Waals surface area contributed by atoms with Gasteiger partial charge in [-0.05, 0) is 36.8 Å². The zero-order valence-electron chi connectivity index (χ0n) is 9.37. The van der Waals surface area contributed by atoms with Crippen molar-refractivity contribution in [1.82, 2.24) is 0 Å². The van der Waals surface area contributed by atoms with E-state index in [1.54, 1.807) is 0 Å². The molecule has 1 spiro atoms. The van der Waals surface area contributed by atoms with Crippen molar-refractivity contribution in [2.75, 3.05) is 11.5 Å². The van der Waals surface area contributed by atoms with Crippen molar-refractivity contribution in [2.24, 2.45) is 0 Å². The lowest BCUT2D eigenvalue weighted by atomic mass is 9.87. The lowest BCUT2D eigenvalue weighted by Crippen LogP contribution is -2.46. The molecule has 3 rings (SSSR count). The summed E-state index contributed by atoms with van der Waals surface area (Å²) in [6.45, 7) is 0. The molecule has 1 aromatic rings. The molecule has 4 heteroatoms. The van der Waals surface area contributed by atoms with Gasteiger partial charge in [-0.25, -0.2) is 0 Å². The largest absolute Gasteiger partial charge is 0.485 e. The predicted octanol–water partition coefficient (Wildman–Crippen LogP) is 3.68. The van der Waals surface area contributed by atoms with E-state index in [0.29, 0.717) is 6.42 Å². The molecule has 2 heterocycles. The molecule has 2 nitrogen and oxygen atoms in total. The Kier molecular flexibility index (Phi) is 2.95. The molecule has 0 radical (unpaired) electrons. The quantitative estimate of drug-likeness (QED) is 0.731. The third-order valence-electron chi connectivity index (χ3n) is 3.34. The van der Waals surface area contributed by atoms with Gasteiger partial charge in [-0.15, -0.1) is 0 Å². The summed E-state index contributed by atoms with van der Waals surface area (Å²) in [5, 5.41) is 0. The van der Waals surface area contributed by atoms with Crippen molar-refractivity contribution < 1.29 is 9.53 Å². The van der Waals surface area contributed by atoms with Gasteiger partial charge < -0.3 is 4.74 Å². The maximum atomic E-state index is 12.2. The Morgan fingerprint density at radius 1 is 1.41 bits per heavy atom. The summed E-state index contributed by atoms with van der Waals surface area (Å²) in [5.74, 6) is 3.10. The van der Waals surface area contributed by atoms with Crippen LogP contribution in [0.1, 0.15) is 29.6 Å². The smallest absolute Gasteiger partial charge is 0.170 e. The number of hydrogen-bond acceptors (Lipinski definition) is 3. The molecule has 2 aliphatic rings. The van der Waals surface area contributed by atoms with E-state index in [2.05, 4.69) is 15.9 Å². The van der Waals surface area contributed by atoms with Crippen LogP contribution in [0.5, 0.6) is 5.75 Å². The van der Waals surface area contributed by atoms with Crippen LogP contribution in [-0.2, 0) is 0 Å². The number of fused-ring (bicyclic) bond motifs is 1. The van der Waals surface area contributed by atoms with E-state index in [9.17, 15) is 4.79 Å². The molecular weight excluding hydrogens is 300 g/mol. The maximum absolute atomic E-state index is 12.2. The summed E-state index contributed by atoms with van der Waals surface area (Å²) in [6, 6.07) is 5.69. The molecule has 1 saturated heterocycles. The van der Waals surface area contributed by atoms with E-state index in [4.69, 9.17) is 4.74 Å². The molecule has 0 aromatic heterocycles. The van der Waals surface area contributed by atoms with E-state index >= 15 is 0 Å². The van der Waals surface area contributed by atoms with Gasteiger partial charge in [0.25, 0.3) is 0 Å². The van der Waals surface area contributed by atoms with Crippen molar-refractivity contribution in [2.45, 2.75) is 24.9 Å². The lowest BCUT2D eigenvalue weighted by molar-refractivity contribution is 0.0479. The molecule has 1 aromatic carbocycles. The number of ether oxygens (including phenoxy) is 1. The third kappa shape index (κ3) is 2.13. The van der Waals surface area contributed by atoms with Crippen LogP contribution in [0.15, 0.2) is 22.7 Å². The fourth-order valence-corrected chi connectivity index (χ4v) is 4.04. The Hall–Kier alpha value is -0.480. The van der Waals surface area contributed by atoms with Crippen LogP contribution < -0.4 is 4.74 Å². The van der Waals surface area contributed by atoms with E-state index in [-0.39, 0.29) is 11.4 Å². The van der Waals surface area contributed by atoms with E-state index < -0.39 is 0 Å². The Labute approximate surface area is 113 Å². The molecule has 17 heavy (non-hydrogen) atoms. The van der Waals surface area contributed by atoms with E-state index in [1.165, 1.54) is 5.75 Å². The SMILES string of the molecule is O=C1CC2(CCCSC2)Oc2ccc(Br)cc21. The zero-order valence-corrected chi connectivity index (χ0v) is 11.8. The van der Waals surface area contributed by atoms with Gasteiger partial charge in [0.2, 0.25) is 0 Å². The van der Waals surface area contributed by atoms with Crippen molar-refractivity contribution in [3.8, 4) is 5.75 Å². The Bertz CT molecular complexity index is 466. The zero-order chi connectivity index (χ0) is 11.9. The van der Waals surface area contributed by atoms with Gasteiger partial charge in [0, 0.05) is 10.2 Å². The minimum absolute atomic E-state index is 0.218. The number of carbonyl (C=O) groups is 1. The molecule has 1 unspecified atom stereocenters. The van der Waals surface area contributed by atoms with Gasteiger partial charge in [-0.3, -0.25) is 4.79 Å². The van der Waals surface area contributed by atoms with Crippen LogP contribution in [0.25, 0.3) is 0 Å². The highest BCUT2D eigenvalue weighted by atomic mass is 79.9. The second-order valence-electron chi connectivity index (χ2n) is 4.68. The van der Waals surface area contributed by atoms with E-state index in [1.807, 2.05) is 30.0 Å². The first-order chi connectivity index (χ1) is 8.19. The summed E-state index contributed by atoms with van der Waals surface area (Å²) in [6.07, 6.45) is 2.68. The highest BCUT2D eigenvalue weighted by molar-refractivity contribution is 9.10.